The van der Waals surface area contributed by atoms with Gasteiger partial charge in [0.25, 0.3) is 11.5 Å². The van der Waals surface area contributed by atoms with Gasteiger partial charge in [0.05, 0.1) is 17.8 Å². The van der Waals surface area contributed by atoms with Gasteiger partial charge in [-0.2, -0.15) is 5.10 Å². The molecule has 114 valence electrons. The highest BCUT2D eigenvalue weighted by molar-refractivity contribution is 5.82. The van der Waals surface area contributed by atoms with E-state index in [0.717, 1.165) is 25.1 Å². The second-order valence-corrected chi connectivity index (χ2v) is 5.63. The van der Waals surface area contributed by atoms with Gasteiger partial charge in [-0.25, -0.2) is 5.10 Å². The van der Waals surface area contributed by atoms with Gasteiger partial charge in [-0.05, 0) is 25.8 Å². The molecule has 3 atom stereocenters. The Bertz CT molecular complexity index is 553. The number of carbonyl (C=O) groups is 1. The van der Waals surface area contributed by atoms with Gasteiger partial charge in [0, 0.05) is 25.7 Å². The maximum Gasteiger partial charge on any atom is 0.264 e. The number of hydrogen-bond acceptors (Lipinski definition) is 5. The monoisotopic (exact) mass is 292 g/mol. The SMILES string of the molecule is C[C@@H]1CNC[C@H](C(=O)N2CCCC2c2ccc(=O)[nH]n2)O1. The highest BCUT2D eigenvalue weighted by atomic mass is 16.5. The molecular formula is C14H20N4O3. The van der Waals surface area contributed by atoms with E-state index in [2.05, 4.69) is 15.5 Å². The molecule has 1 aromatic heterocycles. The molecule has 2 aliphatic heterocycles. The molecule has 7 heteroatoms. The topological polar surface area (TPSA) is 87.3 Å². The number of nitrogens with zero attached hydrogens (tertiary/aromatic N) is 2. The van der Waals surface area contributed by atoms with Gasteiger partial charge in [0.2, 0.25) is 0 Å². The lowest BCUT2D eigenvalue weighted by molar-refractivity contribution is -0.150. The molecule has 0 aliphatic carbocycles. The van der Waals surface area contributed by atoms with Crippen molar-refractivity contribution in [3.63, 3.8) is 0 Å². The first-order chi connectivity index (χ1) is 10.1. The average Bonchev–Trinajstić information content (AvgIpc) is 2.96. The lowest BCUT2D eigenvalue weighted by Crippen LogP contribution is -2.51. The number of aromatic nitrogens is 2. The molecule has 0 radical (unpaired) electrons. The Labute approximate surface area is 122 Å². The molecule has 2 fully saturated rings. The summed E-state index contributed by atoms with van der Waals surface area (Å²) in [7, 11) is 0. The molecule has 7 nitrogen and oxygen atoms in total. The minimum atomic E-state index is -0.433. The first-order valence-corrected chi connectivity index (χ1v) is 7.37. The summed E-state index contributed by atoms with van der Waals surface area (Å²) >= 11 is 0. The minimum absolute atomic E-state index is 0.00421. The van der Waals surface area contributed by atoms with E-state index in [1.807, 2.05) is 11.8 Å². The number of aromatic amines is 1. The number of carbonyl (C=O) groups excluding carboxylic acids is 1. The zero-order chi connectivity index (χ0) is 14.8. The van der Waals surface area contributed by atoms with Crippen LogP contribution in [0.4, 0.5) is 0 Å². The largest absolute Gasteiger partial charge is 0.363 e. The van der Waals surface area contributed by atoms with Crippen molar-refractivity contribution in [1.82, 2.24) is 20.4 Å². The Balaban J connectivity index is 1.75. The Morgan fingerprint density at radius 1 is 1.43 bits per heavy atom. The third-order valence-electron chi connectivity index (χ3n) is 4.01. The van der Waals surface area contributed by atoms with Crippen LogP contribution >= 0.6 is 0 Å². The molecule has 0 aromatic carbocycles. The number of rotatable bonds is 2. The molecule has 0 bridgehead atoms. The van der Waals surface area contributed by atoms with E-state index >= 15 is 0 Å². The van der Waals surface area contributed by atoms with Gasteiger partial charge >= 0.3 is 0 Å². The van der Waals surface area contributed by atoms with E-state index in [4.69, 9.17) is 4.74 Å². The van der Waals surface area contributed by atoms with Gasteiger partial charge in [-0.3, -0.25) is 9.59 Å². The van der Waals surface area contributed by atoms with E-state index in [0.29, 0.717) is 13.1 Å². The third-order valence-corrected chi connectivity index (χ3v) is 4.01. The van der Waals surface area contributed by atoms with Gasteiger partial charge < -0.3 is 15.0 Å². The van der Waals surface area contributed by atoms with Crippen molar-refractivity contribution < 1.29 is 9.53 Å². The molecule has 2 N–H and O–H groups in total. The zero-order valence-electron chi connectivity index (χ0n) is 12.0. The van der Waals surface area contributed by atoms with Crippen molar-refractivity contribution in [1.29, 1.82) is 0 Å². The predicted octanol–water partition coefficient (Wildman–Crippen LogP) is -0.190. The van der Waals surface area contributed by atoms with E-state index in [1.165, 1.54) is 6.07 Å². The van der Waals surface area contributed by atoms with E-state index in [9.17, 15) is 9.59 Å². The van der Waals surface area contributed by atoms with Crippen LogP contribution in [0.15, 0.2) is 16.9 Å². The summed E-state index contributed by atoms with van der Waals surface area (Å²) in [6.45, 7) is 3.98. The Morgan fingerprint density at radius 3 is 3.00 bits per heavy atom. The number of likely N-dealkylation sites (tertiary alicyclic amines) is 1. The van der Waals surface area contributed by atoms with Crippen molar-refractivity contribution in [2.45, 2.75) is 38.0 Å². The average molecular weight is 292 g/mol. The van der Waals surface area contributed by atoms with Crippen molar-refractivity contribution in [3.8, 4) is 0 Å². The highest BCUT2D eigenvalue weighted by Crippen LogP contribution is 2.31. The third kappa shape index (κ3) is 2.98. The first kappa shape index (κ1) is 14.2. The van der Waals surface area contributed by atoms with Gasteiger partial charge in [-0.1, -0.05) is 0 Å². The summed E-state index contributed by atoms with van der Waals surface area (Å²) < 4.78 is 5.73. The number of amides is 1. The molecule has 21 heavy (non-hydrogen) atoms. The number of nitrogens with one attached hydrogen (secondary N) is 2. The zero-order valence-corrected chi connectivity index (χ0v) is 12.0. The summed E-state index contributed by atoms with van der Waals surface area (Å²) in [4.78, 5) is 25.6. The molecule has 2 saturated heterocycles. The normalized spacial score (nSPS) is 29.6. The fourth-order valence-corrected chi connectivity index (χ4v) is 3.00. The second kappa shape index (κ2) is 5.95. The van der Waals surface area contributed by atoms with E-state index in [-0.39, 0.29) is 23.6 Å². The van der Waals surface area contributed by atoms with Crippen LogP contribution in [0, 0.1) is 0 Å². The highest BCUT2D eigenvalue weighted by Gasteiger charge is 2.36. The van der Waals surface area contributed by atoms with Crippen LogP contribution in [0.1, 0.15) is 31.5 Å². The number of morpholine rings is 1. The fourth-order valence-electron chi connectivity index (χ4n) is 3.00. The maximum atomic E-state index is 12.7. The molecule has 1 aromatic rings. The van der Waals surface area contributed by atoms with Crippen molar-refractivity contribution in [2.75, 3.05) is 19.6 Å². The minimum Gasteiger partial charge on any atom is -0.363 e. The standard InChI is InChI=1S/C14H20N4O3/c1-9-7-15-8-12(21-9)14(20)18-6-2-3-11(18)10-4-5-13(19)17-16-10/h4-5,9,11-12,15H,2-3,6-8H2,1H3,(H,17,19)/t9-,11?,12-/m1/s1. The van der Waals surface area contributed by atoms with Crippen LogP contribution in [0.2, 0.25) is 0 Å². The van der Waals surface area contributed by atoms with Gasteiger partial charge in [0.15, 0.2) is 0 Å². The maximum absolute atomic E-state index is 12.7. The van der Waals surface area contributed by atoms with E-state index in [1.54, 1.807) is 6.07 Å². The van der Waals surface area contributed by atoms with Gasteiger partial charge in [0.1, 0.15) is 6.10 Å². The molecule has 3 heterocycles. The fraction of sp³-hybridized carbons (Fsp3) is 0.643. The molecule has 0 spiro atoms. The number of H-pyrrole nitrogens is 1. The van der Waals surface area contributed by atoms with Crippen LogP contribution in [-0.2, 0) is 9.53 Å². The smallest absolute Gasteiger partial charge is 0.264 e. The van der Waals surface area contributed by atoms with Crippen molar-refractivity contribution in [2.24, 2.45) is 0 Å². The second-order valence-electron chi connectivity index (χ2n) is 5.63. The first-order valence-electron chi connectivity index (χ1n) is 7.37. The Morgan fingerprint density at radius 2 is 2.29 bits per heavy atom. The summed E-state index contributed by atoms with van der Waals surface area (Å²) in [6.07, 6.45) is 1.41. The molecule has 0 saturated carbocycles. The Hall–Kier alpha value is -1.73. The summed E-state index contributed by atoms with van der Waals surface area (Å²) in [5, 5.41) is 9.72. The summed E-state index contributed by atoms with van der Waals surface area (Å²) in [5.41, 5.74) is 0.500. The Kier molecular flexibility index (Phi) is 4.03. The molecule has 2 aliphatic rings. The molecule has 1 amide bonds. The quantitative estimate of drug-likeness (QED) is 0.789. The molecule has 3 rings (SSSR count). The van der Waals surface area contributed by atoms with Gasteiger partial charge in [-0.15, -0.1) is 0 Å². The summed E-state index contributed by atoms with van der Waals surface area (Å²) in [5.74, 6) is 0.00421. The van der Waals surface area contributed by atoms with Crippen molar-refractivity contribution >= 4 is 5.91 Å². The number of hydrogen-bond donors (Lipinski definition) is 2. The van der Waals surface area contributed by atoms with Crippen LogP contribution in [0.25, 0.3) is 0 Å². The van der Waals surface area contributed by atoms with Crippen LogP contribution < -0.4 is 10.9 Å². The van der Waals surface area contributed by atoms with Crippen LogP contribution in [0.5, 0.6) is 0 Å². The van der Waals surface area contributed by atoms with Crippen LogP contribution in [0.3, 0.4) is 0 Å². The summed E-state index contributed by atoms with van der Waals surface area (Å²) in [6, 6.07) is 3.07. The molecular weight excluding hydrogens is 272 g/mol. The lowest BCUT2D eigenvalue weighted by atomic mass is 10.1. The molecule has 1 unspecified atom stereocenters. The lowest BCUT2D eigenvalue weighted by Gasteiger charge is -2.33. The predicted molar refractivity (Wildman–Crippen MR) is 75.8 cm³/mol. The van der Waals surface area contributed by atoms with Crippen LogP contribution in [-0.4, -0.2) is 52.8 Å². The van der Waals surface area contributed by atoms with E-state index < -0.39 is 6.10 Å². The number of ether oxygens (including phenoxy) is 1. The van der Waals surface area contributed by atoms with Crippen molar-refractivity contribution in [3.05, 3.63) is 28.2 Å².